The van der Waals surface area contributed by atoms with Gasteiger partial charge in [0.2, 0.25) is 11.8 Å². The summed E-state index contributed by atoms with van der Waals surface area (Å²) in [7, 11) is 0. The fourth-order valence-corrected chi connectivity index (χ4v) is 3.96. The number of nitrogens with zero attached hydrogens (tertiary/aromatic N) is 1. The maximum atomic E-state index is 13.0. The van der Waals surface area contributed by atoms with Crippen LogP contribution in [0.4, 0.5) is 0 Å². The van der Waals surface area contributed by atoms with E-state index in [4.69, 9.17) is 33.5 Å². The summed E-state index contributed by atoms with van der Waals surface area (Å²) >= 11 is 0. The normalized spacial score (nSPS) is 16.8. The molecule has 1 aromatic carbocycles. The number of amides is 4. The molecule has 0 bridgehead atoms. The Morgan fingerprint density at radius 3 is 1.90 bits per heavy atom. The molecule has 14 nitrogen and oxygen atoms in total. The van der Waals surface area contributed by atoms with E-state index in [0.717, 1.165) is 4.90 Å². The van der Waals surface area contributed by atoms with Crippen LogP contribution in [0.2, 0.25) is 0 Å². The third-order valence-electron chi connectivity index (χ3n) is 5.86. The zero-order chi connectivity index (χ0) is 28.7. The minimum absolute atomic E-state index is 0.0306. The molecule has 1 fully saturated rings. The summed E-state index contributed by atoms with van der Waals surface area (Å²) in [6, 6.07) is 3.63. The van der Waals surface area contributed by atoms with Gasteiger partial charge < -0.3 is 33.5 Å². The zero-order valence-electron chi connectivity index (χ0n) is 22.1. The van der Waals surface area contributed by atoms with E-state index in [9.17, 15) is 24.0 Å². The highest BCUT2D eigenvalue weighted by Gasteiger charge is 2.45. The number of fused-ring (bicyclic) bond motifs is 1. The molecule has 3 rings (SSSR count). The van der Waals surface area contributed by atoms with E-state index in [1.807, 2.05) is 0 Å². The van der Waals surface area contributed by atoms with Crippen molar-refractivity contribution >= 4 is 29.6 Å². The number of aliphatic carboxylic acids is 1. The average Bonchev–Trinajstić information content (AvgIpc) is 3.18. The monoisotopic (exact) mass is 566 g/mol. The SMILES string of the molecule is O=C(O)CCOCCOCCOCCOCCOCCOc1cccc2c1C(=O)N(C1CCC(=O)NC1=O)C2=O. The molecule has 40 heavy (non-hydrogen) atoms. The molecule has 4 amide bonds. The van der Waals surface area contributed by atoms with Gasteiger partial charge in [-0.3, -0.25) is 34.2 Å². The quantitative estimate of drug-likeness (QED) is 0.160. The van der Waals surface area contributed by atoms with Crippen LogP contribution in [0.15, 0.2) is 18.2 Å². The van der Waals surface area contributed by atoms with Crippen LogP contribution in [0.1, 0.15) is 40.0 Å². The number of carboxylic acid groups (broad SMARTS) is 1. The number of ether oxygens (including phenoxy) is 6. The lowest BCUT2D eigenvalue weighted by molar-refractivity contribution is -0.138. The summed E-state index contributed by atoms with van der Waals surface area (Å²) in [5.41, 5.74) is 0.243. The molecule has 2 aliphatic heterocycles. The largest absolute Gasteiger partial charge is 0.490 e. The number of carbonyl (C=O) groups excluding carboxylic acids is 4. The highest BCUT2D eigenvalue weighted by atomic mass is 16.6. The van der Waals surface area contributed by atoms with Crippen LogP contribution >= 0.6 is 0 Å². The summed E-state index contributed by atoms with van der Waals surface area (Å²) in [5.74, 6) is -3.00. The second-order valence-electron chi connectivity index (χ2n) is 8.68. The van der Waals surface area contributed by atoms with Gasteiger partial charge in [-0.1, -0.05) is 6.07 Å². The smallest absolute Gasteiger partial charge is 0.305 e. The van der Waals surface area contributed by atoms with Crippen LogP contribution in [0.5, 0.6) is 5.75 Å². The summed E-state index contributed by atoms with van der Waals surface area (Å²) in [6.07, 6.45) is 0.0982. The van der Waals surface area contributed by atoms with Crippen molar-refractivity contribution in [1.82, 2.24) is 10.2 Å². The fraction of sp³-hybridized carbons (Fsp3) is 0.577. The Hall–Kier alpha value is -3.43. The third-order valence-corrected chi connectivity index (χ3v) is 5.86. The Balaban J connectivity index is 1.22. The van der Waals surface area contributed by atoms with Crippen LogP contribution in [-0.4, -0.2) is 118 Å². The predicted molar refractivity (Wildman–Crippen MR) is 135 cm³/mol. The van der Waals surface area contributed by atoms with Gasteiger partial charge in [0, 0.05) is 6.42 Å². The molecule has 1 saturated heterocycles. The fourth-order valence-electron chi connectivity index (χ4n) is 3.96. The Bertz CT molecular complexity index is 1050. The number of benzene rings is 1. The first kappa shape index (κ1) is 31.1. The van der Waals surface area contributed by atoms with Gasteiger partial charge in [-0.25, -0.2) is 0 Å². The molecule has 2 N–H and O–H groups in total. The molecule has 0 spiro atoms. The number of hydrogen-bond acceptors (Lipinski definition) is 11. The van der Waals surface area contributed by atoms with Gasteiger partial charge in [0.05, 0.1) is 83.6 Å². The number of nitrogens with one attached hydrogen (secondary N) is 1. The number of hydrogen-bond donors (Lipinski definition) is 2. The first-order valence-corrected chi connectivity index (χ1v) is 13.0. The maximum absolute atomic E-state index is 13.0. The summed E-state index contributed by atoms with van der Waals surface area (Å²) in [4.78, 5) is 60.8. The predicted octanol–water partition coefficient (Wildman–Crippen LogP) is 0.0243. The van der Waals surface area contributed by atoms with Crippen LogP contribution in [0.3, 0.4) is 0 Å². The van der Waals surface area contributed by atoms with E-state index >= 15 is 0 Å². The molecule has 0 aromatic heterocycles. The Kier molecular flexibility index (Phi) is 12.9. The Labute approximate surface area is 230 Å². The van der Waals surface area contributed by atoms with E-state index in [0.29, 0.717) is 52.9 Å². The molecular formula is C26H34N2O12. The number of piperidine rings is 1. The lowest BCUT2D eigenvalue weighted by Gasteiger charge is -2.27. The molecule has 0 radical (unpaired) electrons. The molecule has 1 unspecified atom stereocenters. The van der Waals surface area contributed by atoms with Crippen molar-refractivity contribution in [2.75, 3.05) is 72.7 Å². The van der Waals surface area contributed by atoms with Gasteiger partial charge in [-0.15, -0.1) is 0 Å². The van der Waals surface area contributed by atoms with Crippen LogP contribution < -0.4 is 10.1 Å². The molecule has 2 aliphatic rings. The highest BCUT2D eigenvalue weighted by molar-refractivity contribution is 6.24. The van der Waals surface area contributed by atoms with Gasteiger partial charge in [0.15, 0.2) is 0 Å². The molecule has 0 saturated carbocycles. The first-order chi connectivity index (χ1) is 19.4. The molecule has 14 heteroatoms. The minimum Gasteiger partial charge on any atom is -0.490 e. The summed E-state index contributed by atoms with van der Waals surface area (Å²) in [5, 5.41) is 10.7. The molecule has 0 aliphatic carbocycles. The van der Waals surface area contributed by atoms with Crippen LogP contribution in [0, 0.1) is 0 Å². The van der Waals surface area contributed by atoms with Crippen LogP contribution in [-0.2, 0) is 38.1 Å². The van der Waals surface area contributed by atoms with E-state index in [1.54, 1.807) is 12.1 Å². The number of carboxylic acids is 1. The minimum atomic E-state index is -1.04. The Morgan fingerprint density at radius 1 is 0.800 bits per heavy atom. The van der Waals surface area contributed by atoms with E-state index in [2.05, 4.69) is 5.32 Å². The maximum Gasteiger partial charge on any atom is 0.305 e. The van der Waals surface area contributed by atoms with E-state index in [1.165, 1.54) is 6.07 Å². The van der Waals surface area contributed by atoms with Gasteiger partial charge in [0.25, 0.3) is 11.8 Å². The topological polar surface area (TPSA) is 176 Å². The molecular weight excluding hydrogens is 532 g/mol. The number of carbonyl (C=O) groups is 5. The number of rotatable bonds is 20. The molecule has 2 heterocycles. The van der Waals surface area contributed by atoms with Gasteiger partial charge in [-0.2, -0.15) is 0 Å². The molecule has 1 atom stereocenters. The second-order valence-corrected chi connectivity index (χ2v) is 8.68. The summed E-state index contributed by atoms with van der Waals surface area (Å²) < 4.78 is 32.4. The van der Waals surface area contributed by atoms with Crippen molar-refractivity contribution in [3.63, 3.8) is 0 Å². The van der Waals surface area contributed by atoms with Crippen molar-refractivity contribution in [3.05, 3.63) is 29.3 Å². The van der Waals surface area contributed by atoms with Gasteiger partial charge in [-0.05, 0) is 18.6 Å². The van der Waals surface area contributed by atoms with Crippen LogP contribution in [0.25, 0.3) is 0 Å². The van der Waals surface area contributed by atoms with Crippen molar-refractivity contribution in [2.45, 2.75) is 25.3 Å². The van der Waals surface area contributed by atoms with E-state index < -0.39 is 35.6 Å². The van der Waals surface area contributed by atoms with Crippen molar-refractivity contribution in [1.29, 1.82) is 0 Å². The molecule has 220 valence electrons. The second kappa shape index (κ2) is 16.6. The third kappa shape index (κ3) is 9.34. The zero-order valence-corrected chi connectivity index (χ0v) is 22.1. The van der Waals surface area contributed by atoms with Gasteiger partial charge in [0.1, 0.15) is 18.4 Å². The number of imide groups is 2. The molecule has 1 aromatic rings. The average molecular weight is 567 g/mol. The highest BCUT2D eigenvalue weighted by Crippen LogP contribution is 2.33. The van der Waals surface area contributed by atoms with Crippen molar-refractivity contribution in [3.8, 4) is 5.75 Å². The lowest BCUT2D eigenvalue weighted by Crippen LogP contribution is -2.54. The summed E-state index contributed by atoms with van der Waals surface area (Å²) in [6.45, 7) is 3.44. The standard InChI is InChI=1S/C26H34N2O12/c29-21-5-4-19(24(32)27-21)28-25(33)18-2-1-3-20(23(18)26(28)34)40-17-16-39-15-14-38-13-12-37-11-10-36-9-8-35-7-6-22(30)31/h1-3,19H,4-17H2,(H,30,31)(H,27,29,32). The van der Waals surface area contributed by atoms with Gasteiger partial charge >= 0.3 is 5.97 Å². The first-order valence-electron chi connectivity index (χ1n) is 13.0. The Morgan fingerprint density at radius 2 is 1.35 bits per heavy atom. The van der Waals surface area contributed by atoms with E-state index in [-0.39, 0.29) is 56.0 Å². The van der Waals surface area contributed by atoms with Crippen molar-refractivity contribution < 1.29 is 57.5 Å². The lowest BCUT2D eigenvalue weighted by atomic mass is 10.0. The van der Waals surface area contributed by atoms with Crippen molar-refractivity contribution in [2.24, 2.45) is 0 Å².